The summed E-state index contributed by atoms with van der Waals surface area (Å²) in [6.07, 6.45) is 6.75. The van der Waals surface area contributed by atoms with E-state index in [1.54, 1.807) is 9.13 Å². The summed E-state index contributed by atoms with van der Waals surface area (Å²) in [6.45, 7) is 7.78. The SMILES string of the molecule is CCn1c(=O)n([C@@H]2CCCOC2)c2nc(Cl)nc(OCC3(CN4CCCC4)CC3)c21. The molecule has 0 aromatic carbocycles. The quantitative estimate of drug-likeness (QED) is 0.622. The summed E-state index contributed by atoms with van der Waals surface area (Å²) in [6, 6.07) is -0.0368. The minimum atomic E-state index is -0.0948. The van der Waals surface area contributed by atoms with Crippen molar-refractivity contribution in [1.29, 1.82) is 0 Å². The van der Waals surface area contributed by atoms with E-state index >= 15 is 0 Å². The highest BCUT2D eigenvalue weighted by atomic mass is 35.5. The number of hydrogen-bond acceptors (Lipinski definition) is 6. The Balaban J connectivity index is 1.47. The zero-order valence-electron chi connectivity index (χ0n) is 17.6. The molecule has 0 radical (unpaired) electrons. The Morgan fingerprint density at radius 2 is 2.03 bits per heavy atom. The fraction of sp³-hybridized carbons (Fsp3) is 0.762. The number of hydrogen-bond donors (Lipinski definition) is 0. The lowest BCUT2D eigenvalue weighted by Gasteiger charge is -2.23. The normalized spacial score (nSPS) is 23.9. The largest absolute Gasteiger partial charge is 0.475 e. The Morgan fingerprint density at radius 3 is 2.70 bits per heavy atom. The Kier molecular flexibility index (Phi) is 5.49. The maximum absolute atomic E-state index is 13.2. The molecule has 2 aromatic rings. The number of fused-ring (bicyclic) bond motifs is 1. The van der Waals surface area contributed by atoms with Crippen LogP contribution >= 0.6 is 11.6 Å². The molecule has 164 valence electrons. The summed E-state index contributed by atoms with van der Waals surface area (Å²) in [7, 11) is 0. The van der Waals surface area contributed by atoms with Crippen molar-refractivity contribution in [2.24, 2.45) is 5.41 Å². The van der Waals surface area contributed by atoms with Crippen molar-refractivity contribution in [2.45, 2.75) is 58.0 Å². The van der Waals surface area contributed by atoms with Gasteiger partial charge in [0, 0.05) is 25.1 Å². The molecular weight excluding hydrogens is 406 g/mol. The van der Waals surface area contributed by atoms with E-state index in [4.69, 9.17) is 21.1 Å². The lowest BCUT2D eigenvalue weighted by atomic mass is 10.1. The fourth-order valence-corrected chi connectivity index (χ4v) is 5.09. The highest BCUT2D eigenvalue weighted by molar-refractivity contribution is 6.28. The number of aryl methyl sites for hydroxylation is 1. The lowest BCUT2D eigenvalue weighted by molar-refractivity contribution is 0.0590. The molecule has 0 amide bonds. The van der Waals surface area contributed by atoms with Gasteiger partial charge < -0.3 is 14.4 Å². The first kappa shape index (κ1) is 20.3. The highest BCUT2D eigenvalue weighted by Gasteiger charge is 2.45. The second-order valence-corrected chi connectivity index (χ2v) is 9.35. The van der Waals surface area contributed by atoms with E-state index in [1.807, 2.05) is 6.92 Å². The van der Waals surface area contributed by atoms with Gasteiger partial charge in [0.15, 0.2) is 11.2 Å². The standard InChI is InChI=1S/C21H30ClN5O3/c1-2-26-16-17(27(20(26)28)15-6-5-11-29-12-15)23-19(22)24-18(16)30-14-21(7-8-21)13-25-9-3-4-10-25/h15H,2-14H2,1H3/t15-/m1/s1. The van der Waals surface area contributed by atoms with Crippen molar-refractivity contribution in [3.63, 3.8) is 0 Å². The van der Waals surface area contributed by atoms with Crippen molar-refractivity contribution in [2.75, 3.05) is 39.5 Å². The van der Waals surface area contributed by atoms with Gasteiger partial charge in [-0.15, -0.1) is 0 Å². The molecule has 30 heavy (non-hydrogen) atoms. The van der Waals surface area contributed by atoms with Gasteiger partial charge in [0.25, 0.3) is 0 Å². The molecule has 2 saturated heterocycles. The average Bonchev–Trinajstić information content (AvgIpc) is 3.19. The minimum Gasteiger partial charge on any atom is -0.475 e. The summed E-state index contributed by atoms with van der Waals surface area (Å²) in [5, 5.41) is 0.112. The van der Waals surface area contributed by atoms with Crippen LogP contribution in [0.2, 0.25) is 5.28 Å². The fourth-order valence-electron chi connectivity index (χ4n) is 4.93. The van der Waals surface area contributed by atoms with Gasteiger partial charge in [-0.2, -0.15) is 9.97 Å². The summed E-state index contributed by atoms with van der Waals surface area (Å²) < 4.78 is 15.3. The molecule has 9 heteroatoms. The number of rotatable bonds is 7. The maximum atomic E-state index is 13.2. The smallest absolute Gasteiger partial charge is 0.330 e. The number of imidazole rings is 1. The molecule has 5 rings (SSSR count). The van der Waals surface area contributed by atoms with Gasteiger partial charge in [-0.3, -0.25) is 9.13 Å². The third kappa shape index (κ3) is 3.74. The molecule has 3 aliphatic rings. The van der Waals surface area contributed by atoms with Crippen molar-refractivity contribution in [3.05, 3.63) is 15.8 Å². The van der Waals surface area contributed by atoms with E-state index < -0.39 is 0 Å². The Bertz CT molecular complexity index is 971. The van der Waals surface area contributed by atoms with E-state index in [9.17, 15) is 4.79 Å². The predicted octanol–water partition coefficient (Wildman–Crippen LogP) is 2.87. The van der Waals surface area contributed by atoms with Gasteiger partial charge in [-0.05, 0) is 70.1 Å². The molecule has 1 aliphatic carbocycles. The second-order valence-electron chi connectivity index (χ2n) is 9.01. The molecule has 4 heterocycles. The number of likely N-dealkylation sites (tertiary alicyclic amines) is 1. The van der Waals surface area contributed by atoms with Gasteiger partial charge in [0.2, 0.25) is 11.2 Å². The first-order valence-electron chi connectivity index (χ1n) is 11.2. The molecular formula is C21H30ClN5O3. The topological polar surface area (TPSA) is 74.4 Å². The van der Waals surface area contributed by atoms with Crippen LogP contribution in [0.3, 0.4) is 0 Å². The van der Waals surface area contributed by atoms with Crippen LogP contribution in [0.4, 0.5) is 0 Å². The van der Waals surface area contributed by atoms with Crippen LogP contribution in [0.5, 0.6) is 5.88 Å². The summed E-state index contributed by atoms with van der Waals surface area (Å²) in [4.78, 5) is 24.6. The third-order valence-corrected chi connectivity index (χ3v) is 6.96. The van der Waals surface area contributed by atoms with Gasteiger partial charge in [-0.1, -0.05) is 0 Å². The average molecular weight is 436 g/mol. The molecule has 0 N–H and O–H groups in total. The van der Waals surface area contributed by atoms with Crippen LogP contribution in [0.1, 0.15) is 51.5 Å². The molecule has 1 atom stereocenters. The highest BCUT2D eigenvalue weighted by Crippen LogP contribution is 2.47. The Morgan fingerprint density at radius 1 is 1.23 bits per heavy atom. The molecule has 0 bridgehead atoms. The van der Waals surface area contributed by atoms with E-state index in [1.165, 1.54) is 38.8 Å². The summed E-state index contributed by atoms with van der Waals surface area (Å²) in [5.74, 6) is 0.423. The number of ether oxygens (including phenoxy) is 2. The van der Waals surface area contributed by atoms with Crippen LogP contribution in [-0.2, 0) is 11.3 Å². The minimum absolute atomic E-state index is 0.0368. The number of halogens is 1. The first-order valence-corrected chi connectivity index (χ1v) is 11.6. The van der Waals surface area contributed by atoms with E-state index in [2.05, 4.69) is 14.9 Å². The molecule has 3 fully saturated rings. The van der Waals surface area contributed by atoms with Crippen LogP contribution < -0.4 is 10.4 Å². The van der Waals surface area contributed by atoms with E-state index in [0.717, 1.165) is 26.0 Å². The van der Waals surface area contributed by atoms with Crippen molar-refractivity contribution >= 4 is 22.8 Å². The molecule has 2 aromatic heterocycles. The second kappa shape index (κ2) is 8.13. The van der Waals surface area contributed by atoms with Crippen LogP contribution in [-0.4, -0.2) is 63.5 Å². The zero-order valence-corrected chi connectivity index (χ0v) is 18.4. The first-order chi connectivity index (χ1) is 14.6. The van der Waals surface area contributed by atoms with Crippen LogP contribution in [0.15, 0.2) is 4.79 Å². The number of nitrogens with zero attached hydrogens (tertiary/aromatic N) is 5. The van der Waals surface area contributed by atoms with E-state index in [-0.39, 0.29) is 22.4 Å². The Hall–Kier alpha value is -1.64. The monoisotopic (exact) mass is 435 g/mol. The van der Waals surface area contributed by atoms with E-state index in [0.29, 0.717) is 36.8 Å². The van der Waals surface area contributed by atoms with Gasteiger partial charge in [0.1, 0.15) is 0 Å². The molecule has 2 aliphatic heterocycles. The molecule has 0 unspecified atom stereocenters. The molecule has 8 nitrogen and oxygen atoms in total. The molecule has 0 spiro atoms. The van der Waals surface area contributed by atoms with Crippen molar-refractivity contribution in [3.8, 4) is 5.88 Å². The van der Waals surface area contributed by atoms with Gasteiger partial charge in [0.05, 0.1) is 19.3 Å². The summed E-state index contributed by atoms with van der Waals surface area (Å²) >= 11 is 6.28. The zero-order chi connectivity index (χ0) is 20.7. The Labute approximate surface area is 181 Å². The lowest BCUT2D eigenvalue weighted by Crippen LogP contribution is -2.31. The van der Waals surface area contributed by atoms with Crippen molar-refractivity contribution < 1.29 is 9.47 Å². The van der Waals surface area contributed by atoms with Gasteiger partial charge in [-0.25, -0.2) is 4.79 Å². The summed E-state index contributed by atoms with van der Waals surface area (Å²) in [5.41, 5.74) is 1.30. The van der Waals surface area contributed by atoms with Crippen LogP contribution in [0, 0.1) is 5.41 Å². The maximum Gasteiger partial charge on any atom is 0.330 e. The van der Waals surface area contributed by atoms with Crippen molar-refractivity contribution in [1.82, 2.24) is 24.0 Å². The molecule has 1 saturated carbocycles. The number of aromatic nitrogens is 4. The predicted molar refractivity (Wildman–Crippen MR) is 114 cm³/mol. The van der Waals surface area contributed by atoms with Crippen LogP contribution in [0.25, 0.3) is 11.2 Å². The van der Waals surface area contributed by atoms with Gasteiger partial charge >= 0.3 is 5.69 Å². The third-order valence-electron chi connectivity index (χ3n) is 6.79.